The minimum atomic E-state index is -0.988. The van der Waals surface area contributed by atoms with E-state index < -0.39 is 12.0 Å². The Morgan fingerprint density at radius 1 is 1.35 bits per heavy atom. The molecule has 1 aromatic carbocycles. The van der Waals surface area contributed by atoms with Crippen molar-refractivity contribution in [1.82, 2.24) is 0 Å². The number of aliphatic carboxylic acids is 1. The van der Waals surface area contributed by atoms with Crippen LogP contribution in [0.5, 0.6) is 5.75 Å². The molecule has 0 saturated carbocycles. The van der Waals surface area contributed by atoms with Crippen molar-refractivity contribution in [3.05, 3.63) is 35.9 Å². The molecule has 0 fully saturated rings. The number of aliphatic imine (C=N–C) groups is 1. The fourth-order valence-electron chi connectivity index (χ4n) is 1.36. The topological polar surface area (TPSA) is 79.1 Å². The Morgan fingerprint density at radius 2 is 2.06 bits per heavy atom. The molecule has 2 rings (SSSR count). The van der Waals surface area contributed by atoms with E-state index in [0.29, 0.717) is 5.90 Å². The highest BCUT2D eigenvalue weighted by Gasteiger charge is 2.23. The lowest BCUT2D eigenvalue weighted by molar-refractivity contribution is -0.138. The summed E-state index contributed by atoms with van der Waals surface area (Å²) in [7, 11) is 0. The number of ether oxygens (including phenoxy) is 1. The maximum Gasteiger partial charge on any atom is 0.332 e. The summed E-state index contributed by atoms with van der Waals surface area (Å²) in [6.45, 7) is 0.0740. The van der Waals surface area contributed by atoms with Gasteiger partial charge in [0.25, 0.3) is 0 Å². The van der Waals surface area contributed by atoms with Crippen LogP contribution in [0, 0.1) is 0 Å². The molecule has 1 atom stereocenters. The second-order valence-electron chi connectivity index (χ2n) is 3.56. The lowest BCUT2D eigenvalue weighted by Gasteiger charge is -1.95. The van der Waals surface area contributed by atoms with Gasteiger partial charge in [-0.1, -0.05) is 12.1 Å². The van der Waals surface area contributed by atoms with Crippen LogP contribution in [0.2, 0.25) is 0 Å². The van der Waals surface area contributed by atoms with Crippen molar-refractivity contribution in [1.29, 1.82) is 0 Å². The fraction of sp³-hybridized carbons (Fsp3) is 0.167. The zero-order valence-electron chi connectivity index (χ0n) is 8.91. The maximum absolute atomic E-state index is 10.6. The van der Waals surface area contributed by atoms with Crippen LogP contribution in [0.25, 0.3) is 6.08 Å². The summed E-state index contributed by atoms with van der Waals surface area (Å²) in [5.74, 6) is -0.481. The fourth-order valence-corrected chi connectivity index (χ4v) is 1.36. The van der Waals surface area contributed by atoms with Crippen molar-refractivity contribution < 1.29 is 19.7 Å². The van der Waals surface area contributed by atoms with Crippen molar-refractivity contribution in [2.45, 2.75) is 6.04 Å². The van der Waals surface area contributed by atoms with E-state index in [-0.39, 0.29) is 12.4 Å². The molecule has 0 amide bonds. The first-order chi connectivity index (χ1) is 8.15. The van der Waals surface area contributed by atoms with Crippen molar-refractivity contribution >= 4 is 17.9 Å². The molecule has 17 heavy (non-hydrogen) atoms. The van der Waals surface area contributed by atoms with Crippen molar-refractivity contribution in [2.24, 2.45) is 4.99 Å². The molecule has 1 aliphatic heterocycles. The summed E-state index contributed by atoms with van der Waals surface area (Å²) in [6.07, 6.45) is 3.35. The first kappa shape index (κ1) is 11.2. The van der Waals surface area contributed by atoms with E-state index in [0.717, 1.165) is 5.56 Å². The molecule has 0 unspecified atom stereocenters. The zero-order valence-corrected chi connectivity index (χ0v) is 8.91. The van der Waals surface area contributed by atoms with Gasteiger partial charge in [0.05, 0.1) is 0 Å². The SMILES string of the molecule is O=C(O)[C@H]1COC(/C=C/c2ccc(O)cc2)=N1. The second kappa shape index (κ2) is 4.69. The minimum absolute atomic E-state index is 0.0740. The number of carbonyl (C=O) groups is 1. The van der Waals surface area contributed by atoms with Crippen LogP contribution in [0.15, 0.2) is 35.3 Å². The van der Waals surface area contributed by atoms with Gasteiger partial charge in [-0.15, -0.1) is 0 Å². The maximum atomic E-state index is 10.6. The number of rotatable bonds is 3. The minimum Gasteiger partial charge on any atom is -0.508 e. The number of phenolic OH excluding ortho intramolecular Hbond substituents is 1. The largest absolute Gasteiger partial charge is 0.508 e. The van der Waals surface area contributed by atoms with Crippen LogP contribution in [0.1, 0.15) is 5.56 Å². The van der Waals surface area contributed by atoms with Crippen LogP contribution >= 0.6 is 0 Å². The standard InChI is InChI=1S/C12H11NO4/c14-9-4-1-8(2-5-9)3-6-11-13-10(7-17-11)12(15)16/h1-6,10,14H,7H2,(H,15,16)/b6-3+/t10-/m1/s1. The highest BCUT2D eigenvalue weighted by atomic mass is 16.5. The van der Waals surface area contributed by atoms with Crippen molar-refractivity contribution in [3.63, 3.8) is 0 Å². The average molecular weight is 233 g/mol. The average Bonchev–Trinajstić information content (AvgIpc) is 2.77. The summed E-state index contributed by atoms with van der Waals surface area (Å²) >= 11 is 0. The van der Waals surface area contributed by atoms with Crippen LogP contribution in [-0.4, -0.2) is 34.7 Å². The zero-order chi connectivity index (χ0) is 12.3. The Morgan fingerprint density at radius 3 is 2.65 bits per heavy atom. The lowest BCUT2D eigenvalue weighted by Crippen LogP contribution is -2.18. The monoisotopic (exact) mass is 233 g/mol. The Labute approximate surface area is 97.7 Å². The molecule has 1 aliphatic rings. The third-order valence-electron chi connectivity index (χ3n) is 2.27. The number of benzene rings is 1. The number of carboxylic acids is 1. The Kier molecular flexibility index (Phi) is 3.09. The molecule has 0 aliphatic carbocycles. The van der Waals surface area contributed by atoms with Crippen LogP contribution in [0.3, 0.4) is 0 Å². The first-order valence-corrected chi connectivity index (χ1v) is 5.05. The quantitative estimate of drug-likeness (QED) is 0.824. The number of hydrogen-bond donors (Lipinski definition) is 2. The highest BCUT2D eigenvalue weighted by molar-refractivity contribution is 5.95. The Balaban J connectivity index is 2.04. The molecule has 5 nitrogen and oxygen atoms in total. The lowest BCUT2D eigenvalue weighted by atomic mass is 10.2. The summed E-state index contributed by atoms with van der Waals surface area (Å²) in [4.78, 5) is 14.5. The Bertz CT molecular complexity index is 476. The van der Waals surface area contributed by atoms with Gasteiger partial charge in [0.15, 0.2) is 6.04 Å². The third kappa shape index (κ3) is 2.84. The summed E-state index contributed by atoms with van der Waals surface area (Å²) < 4.78 is 5.11. The molecule has 0 radical (unpaired) electrons. The van der Waals surface area contributed by atoms with Crippen LogP contribution < -0.4 is 0 Å². The van der Waals surface area contributed by atoms with E-state index in [2.05, 4.69) is 4.99 Å². The van der Waals surface area contributed by atoms with E-state index in [9.17, 15) is 4.79 Å². The van der Waals surface area contributed by atoms with E-state index in [4.69, 9.17) is 14.9 Å². The molecule has 2 N–H and O–H groups in total. The molecular formula is C12H11NO4. The van der Waals surface area contributed by atoms with E-state index in [1.54, 1.807) is 36.4 Å². The third-order valence-corrected chi connectivity index (χ3v) is 2.27. The number of carboxylic acid groups (broad SMARTS) is 1. The number of phenols is 1. The molecule has 1 aromatic rings. The molecule has 0 saturated heterocycles. The van der Waals surface area contributed by atoms with Gasteiger partial charge in [0.1, 0.15) is 12.4 Å². The van der Waals surface area contributed by atoms with Gasteiger partial charge in [-0.25, -0.2) is 9.79 Å². The number of nitrogens with zero attached hydrogens (tertiary/aromatic N) is 1. The molecule has 0 spiro atoms. The van der Waals surface area contributed by atoms with Crippen molar-refractivity contribution in [2.75, 3.05) is 6.61 Å². The van der Waals surface area contributed by atoms with Gasteiger partial charge in [0, 0.05) is 6.08 Å². The van der Waals surface area contributed by atoms with Gasteiger partial charge >= 0.3 is 5.97 Å². The molecule has 1 heterocycles. The van der Waals surface area contributed by atoms with Gasteiger partial charge in [0.2, 0.25) is 5.90 Å². The summed E-state index contributed by atoms with van der Waals surface area (Å²) in [6, 6.07) is 5.79. The van der Waals surface area contributed by atoms with Gasteiger partial charge in [-0.05, 0) is 23.8 Å². The summed E-state index contributed by atoms with van der Waals surface area (Å²) in [5.41, 5.74) is 0.868. The second-order valence-corrected chi connectivity index (χ2v) is 3.56. The predicted octanol–water partition coefficient (Wildman–Crippen LogP) is 1.29. The molecule has 5 heteroatoms. The van der Waals surface area contributed by atoms with E-state index >= 15 is 0 Å². The first-order valence-electron chi connectivity index (χ1n) is 5.05. The molecule has 0 aromatic heterocycles. The molecular weight excluding hydrogens is 222 g/mol. The molecule has 0 bridgehead atoms. The van der Waals surface area contributed by atoms with Gasteiger partial charge < -0.3 is 14.9 Å². The van der Waals surface area contributed by atoms with Gasteiger partial charge in [-0.2, -0.15) is 0 Å². The van der Waals surface area contributed by atoms with Crippen LogP contribution in [-0.2, 0) is 9.53 Å². The number of aromatic hydroxyl groups is 1. The Hall–Kier alpha value is -2.30. The van der Waals surface area contributed by atoms with Crippen molar-refractivity contribution in [3.8, 4) is 5.75 Å². The highest BCUT2D eigenvalue weighted by Crippen LogP contribution is 2.12. The predicted molar refractivity (Wildman–Crippen MR) is 62.0 cm³/mol. The normalized spacial score (nSPS) is 19.1. The molecule has 88 valence electrons. The van der Waals surface area contributed by atoms with Gasteiger partial charge in [-0.3, -0.25) is 0 Å². The van der Waals surface area contributed by atoms with E-state index in [1.165, 1.54) is 0 Å². The number of hydrogen-bond acceptors (Lipinski definition) is 4. The van der Waals surface area contributed by atoms with E-state index in [1.807, 2.05) is 0 Å². The smallest absolute Gasteiger partial charge is 0.332 e. The summed E-state index contributed by atoms with van der Waals surface area (Å²) in [5, 5.41) is 17.8. The van der Waals surface area contributed by atoms with Crippen LogP contribution in [0.4, 0.5) is 0 Å².